The minimum atomic E-state index is -0.267. The molecule has 4 N–H and O–H groups in total. The number of urea groups is 1. The summed E-state index contributed by atoms with van der Waals surface area (Å²) in [7, 11) is 0. The van der Waals surface area contributed by atoms with Gasteiger partial charge in [-0.25, -0.2) is 9.78 Å². The van der Waals surface area contributed by atoms with Gasteiger partial charge in [0.05, 0.1) is 11.2 Å². The lowest BCUT2D eigenvalue weighted by atomic mass is 9.89. The number of halogens is 1. The van der Waals surface area contributed by atoms with E-state index in [-0.39, 0.29) is 23.5 Å². The molecule has 0 spiro atoms. The van der Waals surface area contributed by atoms with E-state index in [1.165, 1.54) is 5.69 Å². The molecule has 2 atom stereocenters. The summed E-state index contributed by atoms with van der Waals surface area (Å²) in [5.41, 5.74) is 9.09. The number of hydrogen-bond acceptors (Lipinski definition) is 4. The number of fused-ring (bicyclic) bond motifs is 1. The van der Waals surface area contributed by atoms with E-state index in [0.29, 0.717) is 10.8 Å². The van der Waals surface area contributed by atoms with Crippen LogP contribution >= 0.6 is 11.6 Å². The predicted molar refractivity (Wildman–Crippen MR) is 106 cm³/mol. The average Bonchev–Trinajstić information content (AvgIpc) is 3.23. The van der Waals surface area contributed by atoms with Gasteiger partial charge in [-0.1, -0.05) is 25.4 Å². The van der Waals surface area contributed by atoms with Crippen LogP contribution in [0.2, 0.25) is 5.02 Å². The first-order valence-electron chi connectivity index (χ1n) is 9.34. The second-order valence-electron chi connectivity index (χ2n) is 8.42. The van der Waals surface area contributed by atoms with Crippen LogP contribution in [0.3, 0.4) is 0 Å². The molecule has 8 heteroatoms. The third kappa shape index (κ3) is 3.80. The number of nitrogens with one attached hydrogen (secondary N) is 2. The second kappa shape index (κ2) is 6.80. The third-order valence-corrected chi connectivity index (χ3v) is 5.67. The SMILES string of the molecule is CC1(C)Cc2c(-c3cc(NC(=O)N[C@H]4CC[C@H](N)C4)ncc3Cl)cnn2C1. The Kier molecular flexibility index (Phi) is 4.60. The average molecular weight is 389 g/mol. The first kappa shape index (κ1) is 18.3. The maximum atomic E-state index is 12.3. The monoisotopic (exact) mass is 388 g/mol. The highest BCUT2D eigenvalue weighted by Gasteiger charge is 2.32. The van der Waals surface area contributed by atoms with Gasteiger partial charge in [-0.2, -0.15) is 5.10 Å². The van der Waals surface area contributed by atoms with E-state index in [2.05, 4.69) is 34.6 Å². The van der Waals surface area contributed by atoms with Crippen molar-refractivity contribution in [1.29, 1.82) is 0 Å². The first-order valence-corrected chi connectivity index (χ1v) is 9.72. The Morgan fingerprint density at radius 3 is 2.89 bits per heavy atom. The molecule has 0 radical (unpaired) electrons. The Labute approximate surface area is 163 Å². The van der Waals surface area contributed by atoms with Crippen LogP contribution in [-0.4, -0.2) is 32.9 Å². The summed E-state index contributed by atoms with van der Waals surface area (Å²) in [6.45, 7) is 5.35. The van der Waals surface area contributed by atoms with Gasteiger partial charge in [-0.3, -0.25) is 10.00 Å². The van der Waals surface area contributed by atoms with Crippen LogP contribution in [0.25, 0.3) is 11.1 Å². The molecule has 1 fully saturated rings. The Morgan fingerprint density at radius 2 is 2.15 bits per heavy atom. The molecule has 1 aliphatic heterocycles. The fourth-order valence-electron chi connectivity index (χ4n) is 4.07. The zero-order chi connectivity index (χ0) is 19.2. The highest BCUT2D eigenvalue weighted by atomic mass is 35.5. The summed E-state index contributed by atoms with van der Waals surface area (Å²) in [4.78, 5) is 16.5. The topological polar surface area (TPSA) is 97.9 Å². The number of nitrogens with zero attached hydrogens (tertiary/aromatic N) is 3. The Balaban J connectivity index is 1.52. The normalized spacial score (nSPS) is 23.3. The molecule has 0 bridgehead atoms. The van der Waals surface area contributed by atoms with Gasteiger partial charge in [0.25, 0.3) is 0 Å². The van der Waals surface area contributed by atoms with E-state index in [1.807, 2.05) is 16.9 Å². The Hall–Kier alpha value is -2.12. The van der Waals surface area contributed by atoms with Crippen LogP contribution in [0.5, 0.6) is 0 Å². The number of hydrogen-bond donors (Lipinski definition) is 3. The van der Waals surface area contributed by atoms with Crippen LogP contribution in [0.1, 0.15) is 38.8 Å². The van der Waals surface area contributed by atoms with Crippen molar-refractivity contribution in [3.05, 3.63) is 29.2 Å². The van der Waals surface area contributed by atoms with Gasteiger partial charge in [-0.05, 0) is 37.2 Å². The zero-order valence-electron chi connectivity index (χ0n) is 15.6. The number of amides is 2. The van der Waals surface area contributed by atoms with E-state index in [0.717, 1.165) is 43.4 Å². The molecule has 2 aromatic rings. The molecule has 144 valence electrons. The smallest absolute Gasteiger partial charge is 0.320 e. The number of aromatic nitrogens is 3. The maximum Gasteiger partial charge on any atom is 0.320 e. The van der Waals surface area contributed by atoms with Crippen molar-refractivity contribution in [3.63, 3.8) is 0 Å². The van der Waals surface area contributed by atoms with Gasteiger partial charge in [0.2, 0.25) is 0 Å². The number of nitrogens with two attached hydrogens (primary N) is 1. The summed E-state index contributed by atoms with van der Waals surface area (Å²) in [5, 5.41) is 10.8. The van der Waals surface area contributed by atoms with Crippen LogP contribution < -0.4 is 16.4 Å². The molecule has 2 aliphatic rings. The molecule has 2 aromatic heterocycles. The highest BCUT2D eigenvalue weighted by molar-refractivity contribution is 6.33. The minimum Gasteiger partial charge on any atom is -0.335 e. The third-order valence-electron chi connectivity index (χ3n) is 5.37. The summed E-state index contributed by atoms with van der Waals surface area (Å²) in [6.07, 6.45) is 7.01. The van der Waals surface area contributed by atoms with Crippen molar-refractivity contribution in [1.82, 2.24) is 20.1 Å². The molecule has 2 amide bonds. The van der Waals surface area contributed by atoms with Crippen molar-refractivity contribution >= 4 is 23.4 Å². The van der Waals surface area contributed by atoms with Crippen molar-refractivity contribution < 1.29 is 4.79 Å². The van der Waals surface area contributed by atoms with Crippen molar-refractivity contribution in [3.8, 4) is 11.1 Å². The van der Waals surface area contributed by atoms with Crippen LogP contribution in [0, 0.1) is 5.41 Å². The molecule has 1 saturated carbocycles. The lowest BCUT2D eigenvalue weighted by Crippen LogP contribution is -2.37. The lowest BCUT2D eigenvalue weighted by Gasteiger charge is -2.15. The van der Waals surface area contributed by atoms with Gasteiger partial charge < -0.3 is 11.1 Å². The second-order valence-corrected chi connectivity index (χ2v) is 8.83. The number of carbonyl (C=O) groups is 1. The number of carbonyl (C=O) groups excluding carboxylic acids is 1. The predicted octanol–water partition coefficient (Wildman–Crippen LogP) is 3.18. The van der Waals surface area contributed by atoms with E-state index < -0.39 is 0 Å². The van der Waals surface area contributed by atoms with E-state index in [1.54, 1.807) is 6.20 Å². The maximum absolute atomic E-state index is 12.3. The van der Waals surface area contributed by atoms with Crippen molar-refractivity contribution in [2.24, 2.45) is 11.1 Å². The van der Waals surface area contributed by atoms with Gasteiger partial charge in [0, 0.05) is 41.6 Å². The minimum absolute atomic E-state index is 0.118. The molecule has 7 nitrogen and oxygen atoms in total. The van der Waals surface area contributed by atoms with Gasteiger partial charge in [-0.15, -0.1) is 0 Å². The molecule has 0 aromatic carbocycles. The fraction of sp³-hybridized carbons (Fsp3) is 0.526. The van der Waals surface area contributed by atoms with Crippen LogP contribution in [0.15, 0.2) is 18.5 Å². The quantitative estimate of drug-likeness (QED) is 0.752. The Morgan fingerprint density at radius 1 is 1.33 bits per heavy atom. The van der Waals surface area contributed by atoms with Gasteiger partial charge in [0.15, 0.2) is 0 Å². The summed E-state index contributed by atoms with van der Waals surface area (Å²) >= 11 is 6.41. The molecule has 27 heavy (non-hydrogen) atoms. The summed E-state index contributed by atoms with van der Waals surface area (Å²) in [6, 6.07) is 1.83. The molecule has 0 saturated heterocycles. The summed E-state index contributed by atoms with van der Waals surface area (Å²) < 4.78 is 2.04. The van der Waals surface area contributed by atoms with Crippen molar-refractivity contribution in [2.75, 3.05) is 5.32 Å². The van der Waals surface area contributed by atoms with Crippen molar-refractivity contribution in [2.45, 2.75) is 58.2 Å². The Bertz CT molecular complexity index is 877. The van der Waals surface area contributed by atoms with E-state index in [9.17, 15) is 4.79 Å². The van der Waals surface area contributed by atoms with Crippen LogP contribution in [0.4, 0.5) is 10.6 Å². The highest BCUT2D eigenvalue weighted by Crippen LogP contribution is 2.39. The molecular formula is C19H25ClN6O. The van der Waals surface area contributed by atoms with Gasteiger partial charge >= 0.3 is 6.03 Å². The number of anilines is 1. The molecule has 4 rings (SSSR count). The van der Waals surface area contributed by atoms with Crippen LogP contribution in [-0.2, 0) is 13.0 Å². The first-order chi connectivity index (χ1) is 12.8. The van der Waals surface area contributed by atoms with Gasteiger partial charge in [0.1, 0.15) is 5.82 Å². The zero-order valence-corrected chi connectivity index (χ0v) is 16.4. The largest absolute Gasteiger partial charge is 0.335 e. The summed E-state index contributed by atoms with van der Waals surface area (Å²) in [5.74, 6) is 0.464. The molecule has 1 aliphatic carbocycles. The molecule has 3 heterocycles. The molecular weight excluding hydrogens is 364 g/mol. The standard InChI is InChI=1S/C19H25ClN6O/c1-19(2)7-16-14(8-23-26(16)10-19)13-6-17(22-9-15(13)20)25-18(27)24-12-4-3-11(21)5-12/h6,8-9,11-12H,3-5,7,10,21H2,1-2H3,(H2,22,24,25,27)/t11-,12-/m0/s1. The van der Waals surface area contributed by atoms with E-state index >= 15 is 0 Å². The van der Waals surface area contributed by atoms with E-state index in [4.69, 9.17) is 17.3 Å². The molecule has 0 unspecified atom stereocenters. The fourth-order valence-corrected chi connectivity index (χ4v) is 4.28. The number of rotatable bonds is 3. The number of pyridine rings is 1. The lowest BCUT2D eigenvalue weighted by molar-refractivity contribution is 0.248.